The predicted molar refractivity (Wildman–Crippen MR) is 196 cm³/mol. The molecule has 3 N–H and O–H groups in total. The molecule has 11 nitrogen and oxygen atoms in total. The standard InChI is InChI=1S/C40H67N3O8/c1-10-31-21-33(44)29(6)41-23-25(2)22-39(7)36(49-38-34(45)32(42(8)9)20-26(3)47-38)27(4)35(28(5)37(46)48-31)50-40(51-39)16-18-43(19-17-40)24-30-14-12-11-13-15-30/h11-15,25-29,31-36,38,41,44-45H,10,16-24H2,1-9H3/t25-,26-,27+,28-,29-,31-,32+,33+,34-,35+,36-,38+,39-/m1/s1. The number of likely N-dealkylation sites (N-methyl/N-ethyl adjacent to an activating group) is 1. The first-order chi connectivity index (χ1) is 24.1. The highest BCUT2D eigenvalue weighted by atomic mass is 16.7. The number of fused-ring (bicyclic) bond motifs is 3. The molecule has 1 aromatic rings. The van der Waals surface area contributed by atoms with Crippen molar-refractivity contribution in [2.24, 2.45) is 17.8 Å². The number of esters is 1. The van der Waals surface area contributed by atoms with Crippen LogP contribution in [0.15, 0.2) is 30.3 Å². The van der Waals surface area contributed by atoms with Crippen molar-refractivity contribution in [2.45, 2.75) is 160 Å². The zero-order valence-corrected chi connectivity index (χ0v) is 32.6. The molecule has 0 aliphatic carbocycles. The summed E-state index contributed by atoms with van der Waals surface area (Å²) in [4.78, 5) is 18.5. The minimum atomic E-state index is -0.961. The van der Waals surface area contributed by atoms with Gasteiger partial charge in [0.05, 0.1) is 35.9 Å². The van der Waals surface area contributed by atoms with E-state index in [0.717, 1.165) is 19.6 Å². The fourth-order valence-corrected chi connectivity index (χ4v) is 8.95. The summed E-state index contributed by atoms with van der Waals surface area (Å²) < 4.78 is 34.1. The molecule has 1 aromatic carbocycles. The smallest absolute Gasteiger partial charge is 0.311 e. The summed E-state index contributed by atoms with van der Waals surface area (Å²) in [5.41, 5.74) is 0.382. The number of likely N-dealkylation sites (tertiary alicyclic amines) is 1. The summed E-state index contributed by atoms with van der Waals surface area (Å²) in [6, 6.07) is 10.2. The SMILES string of the molecule is CC[C@@H]1C[C@H](O)[C@@H](C)NC[C@H](C)C[C@@]2(C)OC3(CCN(Cc4ccccc4)CC3)O[C@@H]([C@H](C)[C@H]2O[C@@H]2O[C@H](C)C[C@H](N(C)C)[C@H]2O)[C@@H](C)C(=O)O1. The zero-order chi connectivity index (χ0) is 37.1. The summed E-state index contributed by atoms with van der Waals surface area (Å²) in [6.07, 6.45) is -0.683. The summed E-state index contributed by atoms with van der Waals surface area (Å²) in [6.45, 7) is 17.3. The Morgan fingerprint density at radius 2 is 1.73 bits per heavy atom. The number of rotatable bonds is 6. The summed E-state index contributed by atoms with van der Waals surface area (Å²) in [7, 11) is 3.94. The Hall–Kier alpha value is -1.67. The van der Waals surface area contributed by atoms with E-state index < -0.39 is 54.1 Å². The number of piperidine rings is 1. The highest BCUT2D eigenvalue weighted by molar-refractivity contribution is 5.73. The van der Waals surface area contributed by atoms with Crippen molar-refractivity contribution in [3.8, 4) is 0 Å². The monoisotopic (exact) mass is 717 g/mol. The van der Waals surface area contributed by atoms with Crippen LogP contribution in [0.3, 0.4) is 0 Å². The van der Waals surface area contributed by atoms with E-state index >= 15 is 0 Å². The van der Waals surface area contributed by atoms with Gasteiger partial charge in [0.2, 0.25) is 0 Å². The number of carbonyl (C=O) groups excluding carboxylic acids is 1. The molecule has 4 aliphatic rings. The number of hydrogen-bond donors (Lipinski definition) is 3. The third kappa shape index (κ3) is 9.72. The van der Waals surface area contributed by atoms with Crippen LogP contribution in [0.4, 0.5) is 0 Å². The van der Waals surface area contributed by atoms with E-state index in [1.807, 2.05) is 52.8 Å². The normalized spacial score (nSPS) is 41.8. The first-order valence-electron chi connectivity index (χ1n) is 19.5. The van der Waals surface area contributed by atoms with Gasteiger partial charge in [0.15, 0.2) is 12.1 Å². The molecule has 4 fully saturated rings. The fraction of sp³-hybridized carbons (Fsp3) is 0.825. The Labute approximate surface area is 306 Å². The van der Waals surface area contributed by atoms with Gasteiger partial charge in [0, 0.05) is 56.9 Å². The van der Waals surface area contributed by atoms with Crippen LogP contribution in [-0.4, -0.2) is 126 Å². The van der Waals surface area contributed by atoms with Crippen LogP contribution in [0, 0.1) is 17.8 Å². The van der Waals surface area contributed by atoms with E-state index in [9.17, 15) is 15.0 Å². The second-order valence-electron chi connectivity index (χ2n) is 16.7. The van der Waals surface area contributed by atoms with Gasteiger partial charge in [0.1, 0.15) is 12.2 Å². The molecule has 5 rings (SSSR count). The van der Waals surface area contributed by atoms with Gasteiger partial charge in [-0.3, -0.25) is 9.69 Å². The first-order valence-corrected chi connectivity index (χ1v) is 19.5. The van der Waals surface area contributed by atoms with E-state index in [1.54, 1.807) is 0 Å². The lowest BCUT2D eigenvalue weighted by molar-refractivity contribution is -0.332. The number of carbonyl (C=O) groups is 1. The summed E-state index contributed by atoms with van der Waals surface area (Å²) in [5, 5.41) is 26.3. The molecule has 51 heavy (non-hydrogen) atoms. The number of cyclic esters (lactones) is 1. The van der Waals surface area contributed by atoms with Crippen LogP contribution >= 0.6 is 0 Å². The summed E-state index contributed by atoms with van der Waals surface area (Å²) >= 11 is 0. The molecule has 4 saturated heterocycles. The van der Waals surface area contributed by atoms with E-state index in [-0.39, 0.29) is 36.0 Å². The van der Waals surface area contributed by atoms with Gasteiger partial charge in [-0.25, -0.2) is 0 Å². The molecule has 1 spiro atoms. The largest absolute Gasteiger partial charge is 0.462 e. The predicted octanol–water partition coefficient (Wildman–Crippen LogP) is 4.33. The summed E-state index contributed by atoms with van der Waals surface area (Å²) in [5.74, 6) is -2.17. The molecule has 0 unspecified atom stereocenters. The van der Waals surface area contributed by atoms with Crippen molar-refractivity contribution in [3.63, 3.8) is 0 Å². The molecule has 0 saturated carbocycles. The van der Waals surface area contributed by atoms with Crippen LogP contribution in [0.2, 0.25) is 0 Å². The number of nitrogens with one attached hydrogen (secondary N) is 1. The Bertz CT molecular complexity index is 1250. The second-order valence-corrected chi connectivity index (χ2v) is 16.7. The number of hydrogen-bond acceptors (Lipinski definition) is 11. The van der Waals surface area contributed by atoms with Crippen molar-refractivity contribution < 1.29 is 38.7 Å². The Kier molecular flexibility index (Phi) is 13.7. The maximum absolute atomic E-state index is 14.1. The Morgan fingerprint density at radius 3 is 2.37 bits per heavy atom. The van der Waals surface area contributed by atoms with Crippen LogP contribution in [0.1, 0.15) is 92.6 Å². The molecule has 0 aromatic heterocycles. The van der Waals surface area contributed by atoms with Crippen LogP contribution < -0.4 is 5.32 Å². The lowest BCUT2D eigenvalue weighted by atomic mass is 9.78. The molecule has 11 heteroatoms. The molecule has 2 bridgehead atoms. The van der Waals surface area contributed by atoms with Crippen LogP contribution in [0.5, 0.6) is 0 Å². The fourth-order valence-electron chi connectivity index (χ4n) is 8.95. The molecule has 0 radical (unpaired) electrons. The van der Waals surface area contributed by atoms with Crippen molar-refractivity contribution in [2.75, 3.05) is 33.7 Å². The Balaban J connectivity index is 1.53. The maximum atomic E-state index is 14.1. The van der Waals surface area contributed by atoms with Gasteiger partial charge >= 0.3 is 5.97 Å². The molecular weight excluding hydrogens is 650 g/mol. The minimum absolute atomic E-state index is 0.121. The number of ether oxygens (including phenoxy) is 5. The number of aliphatic hydroxyl groups is 2. The van der Waals surface area contributed by atoms with Gasteiger partial charge in [-0.15, -0.1) is 0 Å². The van der Waals surface area contributed by atoms with Gasteiger partial charge in [-0.1, -0.05) is 51.1 Å². The highest BCUT2D eigenvalue weighted by Crippen LogP contribution is 2.47. The Morgan fingerprint density at radius 1 is 1.04 bits per heavy atom. The van der Waals surface area contributed by atoms with E-state index in [1.165, 1.54) is 5.56 Å². The van der Waals surface area contributed by atoms with Crippen molar-refractivity contribution >= 4 is 5.97 Å². The average molecular weight is 718 g/mol. The third-order valence-electron chi connectivity index (χ3n) is 12.0. The molecule has 0 amide bonds. The van der Waals surface area contributed by atoms with Crippen LogP contribution in [-0.2, 0) is 35.0 Å². The molecule has 13 atom stereocenters. The van der Waals surface area contributed by atoms with Gasteiger partial charge < -0.3 is 44.1 Å². The molecular formula is C40H67N3O8. The first kappa shape index (κ1) is 40.5. The van der Waals surface area contributed by atoms with E-state index in [4.69, 9.17) is 23.7 Å². The van der Waals surface area contributed by atoms with Gasteiger partial charge in [0.25, 0.3) is 0 Å². The highest BCUT2D eigenvalue weighted by Gasteiger charge is 2.57. The van der Waals surface area contributed by atoms with Crippen LogP contribution in [0.25, 0.3) is 0 Å². The number of benzene rings is 1. The van der Waals surface area contributed by atoms with E-state index in [0.29, 0.717) is 45.1 Å². The van der Waals surface area contributed by atoms with Gasteiger partial charge in [-0.05, 0) is 79.1 Å². The van der Waals surface area contributed by atoms with Crippen molar-refractivity contribution in [1.29, 1.82) is 0 Å². The quantitative estimate of drug-likeness (QED) is 0.365. The van der Waals surface area contributed by atoms with Crippen molar-refractivity contribution in [1.82, 2.24) is 15.1 Å². The molecule has 290 valence electrons. The molecule has 4 heterocycles. The third-order valence-corrected chi connectivity index (χ3v) is 12.0. The lowest BCUT2D eigenvalue weighted by Gasteiger charge is -2.49. The van der Waals surface area contributed by atoms with Gasteiger partial charge in [-0.2, -0.15) is 0 Å². The topological polar surface area (TPSA) is 122 Å². The van der Waals surface area contributed by atoms with E-state index in [2.05, 4.69) is 55.3 Å². The lowest BCUT2D eigenvalue weighted by Crippen LogP contribution is -2.59. The molecule has 4 aliphatic heterocycles. The minimum Gasteiger partial charge on any atom is -0.462 e. The number of nitrogens with zero attached hydrogens (tertiary/aromatic N) is 2. The van der Waals surface area contributed by atoms with Crippen molar-refractivity contribution in [3.05, 3.63) is 35.9 Å². The second kappa shape index (κ2) is 17.2. The number of aliphatic hydroxyl groups excluding tert-OH is 2. The zero-order valence-electron chi connectivity index (χ0n) is 32.6. The average Bonchev–Trinajstić information content (AvgIpc) is 3.17. The maximum Gasteiger partial charge on any atom is 0.311 e.